The standard InChI is InChI=1S/C24H27ClN4OS2/c1-16(30)28-11-4-12-29(14-13-28)23-22-19-5-2-3-6-20(19)32-24(22)27-21(26-23)15-31-18-9-7-17(25)8-10-18/h7-10H,2-6,11-15H2,1H3. The fourth-order valence-corrected chi connectivity index (χ4v) is 6.75. The summed E-state index contributed by atoms with van der Waals surface area (Å²) in [5, 5.41) is 2.01. The van der Waals surface area contributed by atoms with Crippen LogP contribution in [0.25, 0.3) is 10.2 Å². The van der Waals surface area contributed by atoms with Crippen molar-refractivity contribution in [3.8, 4) is 0 Å². The minimum atomic E-state index is 0.160. The van der Waals surface area contributed by atoms with E-state index in [0.29, 0.717) is 0 Å². The van der Waals surface area contributed by atoms with Crippen LogP contribution in [0.4, 0.5) is 5.82 Å². The molecule has 3 aromatic rings. The molecule has 2 aromatic heterocycles. The van der Waals surface area contributed by atoms with E-state index in [0.717, 1.165) is 77.6 Å². The maximum Gasteiger partial charge on any atom is 0.219 e. The van der Waals surface area contributed by atoms with Gasteiger partial charge in [-0.15, -0.1) is 23.1 Å². The summed E-state index contributed by atoms with van der Waals surface area (Å²) in [5.74, 6) is 2.83. The molecular formula is C24H27ClN4OS2. The van der Waals surface area contributed by atoms with Crippen molar-refractivity contribution in [3.05, 3.63) is 45.6 Å². The van der Waals surface area contributed by atoms with Crippen molar-refractivity contribution in [2.75, 3.05) is 31.1 Å². The number of halogens is 1. The Bertz CT molecular complexity index is 1130. The van der Waals surface area contributed by atoms with Crippen molar-refractivity contribution in [1.82, 2.24) is 14.9 Å². The number of carbonyl (C=O) groups excluding carboxylic acids is 1. The molecule has 0 spiro atoms. The van der Waals surface area contributed by atoms with Gasteiger partial charge >= 0.3 is 0 Å². The Morgan fingerprint density at radius 2 is 1.88 bits per heavy atom. The molecule has 32 heavy (non-hydrogen) atoms. The highest BCUT2D eigenvalue weighted by Gasteiger charge is 2.25. The summed E-state index contributed by atoms with van der Waals surface area (Å²) >= 11 is 9.63. The number of anilines is 1. The molecule has 8 heteroatoms. The van der Waals surface area contributed by atoms with E-state index in [1.54, 1.807) is 18.7 Å². The van der Waals surface area contributed by atoms with E-state index >= 15 is 0 Å². The van der Waals surface area contributed by atoms with Crippen molar-refractivity contribution in [2.45, 2.75) is 49.7 Å². The van der Waals surface area contributed by atoms with Gasteiger partial charge in [-0.25, -0.2) is 9.97 Å². The normalized spacial score (nSPS) is 16.8. The first-order chi connectivity index (χ1) is 15.6. The Hall–Kier alpha value is -1.83. The second-order valence-electron chi connectivity index (χ2n) is 8.44. The van der Waals surface area contributed by atoms with E-state index < -0.39 is 0 Å². The number of thioether (sulfide) groups is 1. The Kier molecular flexibility index (Phi) is 6.58. The number of amides is 1. The molecule has 1 aliphatic heterocycles. The third-order valence-electron chi connectivity index (χ3n) is 6.26. The molecule has 1 amide bonds. The van der Waals surface area contributed by atoms with Crippen LogP contribution in [0.5, 0.6) is 0 Å². The van der Waals surface area contributed by atoms with Gasteiger partial charge in [-0.3, -0.25) is 4.79 Å². The van der Waals surface area contributed by atoms with Gasteiger partial charge in [-0.05, 0) is 61.9 Å². The summed E-state index contributed by atoms with van der Waals surface area (Å²) in [5.41, 5.74) is 1.47. The zero-order valence-electron chi connectivity index (χ0n) is 18.3. The number of rotatable bonds is 4. The molecule has 1 aromatic carbocycles. The van der Waals surface area contributed by atoms with Gasteiger partial charge in [0.15, 0.2) is 0 Å². The molecule has 2 aliphatic rings. The monoisotopic (exact) mass is 486 g/mol. The molecule has 5 rings (SSSR count). The highest BCUT2D eigenvalue weighted by atomic mass is 35.5. The predicted molar refractivity (Wildman–Crippen MR) is 134 cm³/mol. The molecule has 5 nitrogen and oxygen atoms in total. The van der Waals surface area contributed by atoms with Gasteiger partial charge < -0.3 is 9.80 Å². The molecular weight excluding hydrogens is 460 g/mol. The fourth-order valence-electron chi connectivity index (χ4n) is 4.60. The molecule has 168 valence electrons. The van der Waals surface area contributed by atoms with Crippen molar-refractivity contribution < 1.29 is 4.79 Å². The number of hydrogen-bond acceptors (Lipinski definition) is 6. The van der Waals surface area contributed by atoms with E-state index in [1.807, 2.05) is 40.5 Å². The highest BCUT2D eigenvalue weighted by molar-refractivity contribution is 7.98. The Balaban J connectivity index is 1.49. The van der Waals surface area contributed by atoms with Crippen LogP contribution in [0, 0.1) is 0 Å². The topological polar surface area (TPSA) is 49.3 Å². The number of fused-ring (bicyclic) bond motifs is 3. The number of aryl methyl sites for hydroxylation is 2. The zero-order chi connectivity index (χ0) is 22.1. The number of nitrogens with zero attached hydrogens (tertiary/aromatic N) is 4. The van der Waals surface area contributed by atoms with Crippen molar-refractivity contribution in [3.63, 3.8) is 0 Å². The third kappa shape index (κ3) is 4.61. The van der Waals surface area contributed by atoms with E-state index in [-0.39, 0.29) is 5.91 Å². The van der Waals surface area contributed by atoms with Gasteiger partial charge in [-0.2, -0.15) is 0 Å². The van der Waals surface area contributed by atoms with Gasteiger partial charge in [0.05, 0.1) is 11.1 Å². The average Bonchev–Trinajstić information content (AvgIpc) is 2.98. The van der Waals surface area contributed by atoms with Crippen molar-refractivity contribution >= 4 is 56.6 Å². The number of thiophene rings is 1. The lowest BCUT2D eigenvalue weighted by atomic mass is 9.97. The molecule has 0 N–H and O–H groups in total. The smallest absolute Gasteiger partial charge is 0.219 e. The molecule has 0 saturated carbocycles. The highest BCUT2D eigenvalue weighted by Crippen LogP contribution is 2.40. The Labute approximate surface area is 202 Å². The van der Waals surface area contributed by atoms with E-state index in [4.69, 9.17) is 21.6 Å². The summed E-state index contributed by atoms with van der Waals surface area (Å²) in [4.78, 5) is 30.2. The summed E-state index contributed by atoms with van der Waals surface area (Å²) in [6.45, 7) is 4.98. The zero-order valence-corrected chi connectivity index (χ0v) is 20.7. The van der Waals surface area contributed by atoms with Crippen molar-refractivity contribution in [2.24, 2.45) is 0 Å². The molecule has 0 atom stereocenters. The lowest BCUT2D eigenvalue weighted by molar-refractivity contribution is -0.128. The second kappa shape index (κ2) is 9.57. The molecule has 3 heterocycles. The minimum Gasteiger partial charge on any atom is -0.354 e. The fraction of sp³-hybridized carbons (Fsp3) is 0.458. The summed E-state index contributed by atoms with van der Waals surface area (Å²) in [7, 11) is 0. The molecule has 1 aliphatic carbocycles. The van der Waals surface area contributed by atoms with Crippen LogP contribution in [0.3, 0.4) is 0 Å². The summed E-state index contributed by atoms with van der Waals surface area (Å²) in [6.07, 6.45) is 5.75. The molecule has 0 unspecified atom stereocenters. The molecule has 1 fully saturated rings. The van der Waals surface area contributed by atoms with Crippen LogP contribution < -0.4 is 4.90 Å². The summed E-state index contributed by atoms with van der Waals surface area (Å²) in [6, 6.07) is 7.93. The predicted octanol–water partition coefficient (Wildman–Crippen LogP) is 5.57. The molecule has 0 radical (unpaired) electrons. The van der Waals surface area contributed by atoms with Gasteiger partial charge in [0.25, 0.3) is 0 Å². The number of hydrogen-bond donors (Lipinski definition) is 0. The second-order valence-corrected chi connectivity index (χ2v) is 11.0. The van der Waals surface area contributed by atoms with E-state index in [2.05, 4.69) is 4.90 Å². The van der Waals surface area contributed by atoms with Crippen LogP contribution in [0.1, 0.15) is 42.5 Å². The van der Waals surface area contributed by atoms with E-state index in [1.165, 1.54) is 28.7 Å². The molecule has 0 bridgehead atoms. The maximum atomic E-state index is 11.9. The first-order valence-electron chi connectivity index (χ1n) is 11.3. The maximum absolute atomic E-state index is 11.9. The van der Waals surface area contributed by atoms with Crippen LogP contribution in [-0.2, 0) is 23.4 Å². The average molecular weight is 487 g/mol. The van der Waals surface area contributed by atoms with Crippen LogP contribution in [0.15, 0.2) is 29.2 Å². The third-order valence-corrected chi connectivity index (χ3v) is 8.71. The van der Waals surface area contributed by atoms with Gasteiger partial charge in [-0.1, -0.05) is 11.6 Å². The quantitative estimate of drug-likeness (QED) is 0.451. The molecule has 1 saturated heterocycles. The Morgan fingerprint density at radius 1 is 1.06 bits per heavy atom. The SMILES string of the molecule is CC(=O)N1CCCN(c2nc(CSc3ccc(Cl)cc3)nc3sc4c(c23)CCCC4)CC1. The number of carbonyl (C=O) groups is 1. The first kappa shape index (κ1) is 22.0. The van der Waals surface area contributed by atoms with Gasteiger partial charge in [0.1, 0.15) is 16.5 Å². The van der Waals surface area contributed by atoms with Crippen LogP contribution >= 0.6 is 34.7 Å². The minimum absolute atomic E-state index is 0.160. The van der Waals surface area contributed by atoms with E-state index in [9.17, 15) is 4.79 Å². The summed E-state index contributed by atoms with van der Waals surface area (Å²) < 4.78 is 0. The first-order valence-corrected chi connectivity index (χ1v) is 13.5. The lowest BCUT2D eigenvalue weighted by Crippen LogP contribution is -2.34. The Morgan fingerprint density at radius 3 is 2.69 bits per heavy atom. The van der Waals surface area contributed by atoms with Gasteiger partial charge in [0, 0.05) is 47.9 Å². The van der Waals surface area contributed by atoms with Crippen LogP contribution in [-0.4, -0.2) is 47.0 Å². The number of aromatic nitrogens is 2. The lowest BCUT2D eigenvalue weighted by Gasteiger charge is -2.24. The largest absolute Gasteiger partial charge is 0.354 e. The van der Waals surface area contributed by atoms with Crippen molar-refractivity contribution in [1.29, 1.82) is 0 Å². The number of benzene rings is 1. The van der Waals surface area contributed by atoms with Crippen LogP contribution in [0.2, 0.25) is 5.02 Å². The van der Waals surface area contributed by atoms with Gasteiger partial charge in [0.2, 0.25) is 5.91 Å².